The quantitative estimate of drug-likeness (QED) is 0.559. The van der Waals surface area contributed by atoms with Crippen LogP contribution in [-0.4, -0.2) is 55.8 Å². The van der Waals surface area contributed by atoms with Crippen molar-refractivity contribution in [2.24, 2.45) is 16.6 Å². The van der Waals surface area contributed by atoms with Crippen LogP contribution >= 0.6 is 0 Å². The second-order valence-corrected chi connectivity index (χ2v) is 5.96. The Bertz CT molecular complexity index is 273. The van der Waals surface area contributed by atoms with E-state index in [1.807, 2.05) is 0 Å². The van der Waals surface area contributed by atoms with Crippen LogP contribution in [0.15, 0.2) is 4.99 Å². The van der Waals surface area contributed by atoms with Crippen LogP contribution in [-0.2, 0) is 4.74 Å². The summed E-state index contributed by atoms with van der Waals surface area (Å²) >= 11 is 0. The van der Waals surface area contributed by atoms with Crippen LogP contribution in [0.25, 0.3) is 0 Å². The maximum Gasteiger partial charge on any atom is 0.188 e. The molecule has 19 heavy (non-hydrogen) atoms. The molecule has 1 saturated heterocycles. The summed E-state index contributed by atoms with van der Waals surface area (Å²) in [7, 11) is 0. The zero-order valence-corrected chi connectivity index (χ0v) is 12.9. The van der Waals surface area contributed by atoms with Crippen molar-refractivity contribution in [1.82, 2.24) is 10.2 Å². The number of aliphatic imine (C=N–C) groups is 1. The SMILES string of the molecule is CC(C)CC(CN=C(N)NC(C)C)N1CCOCC1. The lowest BCUT2D eigenvalue weighted by Crippen LogP contribution is -2.46. The fourth-order valence-electron chi connectivity index (χ4n) is 2.37. The van der Waals surface area contributed by atoms with Crippen LogP contribution in [0.5, 0.6) is 0 Å². The first-order chi connectivity index (χ1) is 8.99. The minimum absolute atomic E-state index is 0.329. The van der Waals surface area contributed by atoms with Gasteiger partial charge in [-0.15, -0.1) is 0 Å². The third-order valence-electron chi connectivity index (χ3n) is 3.21. The second kappa shape index (κ2) is 8.38. The minimum Gasteiger partial charge on any atom is -0.379 e. The monoisotopic (exact) mass is 270 g/mol. The molecule has 0 amide bonds. The van der Waals surface area contributed by atoms with E-state index < -0.39 is 0 Å². The highest BCUT2D eigenvalue weighted by Gasteiger charge is 2.21. The van der Waals surface area contributed by atoms with Crippen molar-refractivity contribution in [2.45, 2.75) is 46.2 Å². The highest BCUT2D eigenvalue weighted by molar-refractivity contribution is 5.78. The molecule has 1 aliphatic rings. The summed E-state index contributed by atoms with van der Waals surface area (Å²) < 4.78 is 5.42. The summed E-state index contributed by atoms with van der Waals surface area (Å²) in [6.07, 6.45) is 1.15. The molecule has 112 valence electrons. The molecule has 0 bridgehead atoms. The van der Waals surface area contributed by atoms with Crippen LogP contribution in [0.1, 0.15) is 34.1 Å². The van der Waals surface area contributed by atoms with E-state index in [0.29, 0.717) is 24.0 Å². The molecule has 1 heterocycles. The Balaban J connectivity index is 2.53. The third kappa shape index (κ3) is 6.78. The van der Waals surface area contributed by atoms with E-state index in [4.69, 9.17) is 10.5 Å². The summed E-state index contributed by atoms with van der Waals surface area (Å²) in [6, 6.07) is 0.798. The topological polar surface area (TPSA) is 62.9 Å². The summed E-state index contributed by atoms with van der Waals surface area (Å²) in [5.41, 5.74) is 5.88. The number of morpholine rings is 1. The summed E-state index contributed by atoms with van der Waals surface area (Å²) in [5, 5.41) is 3.14. The molecular weight excluding hydrogens is 240 g/mol. The highest BCUT2D eigenvalue weighted by Crippen LogP contribution is 2.13. The molecule has 3 N–H and O–H groups in total. The summed E-state index contributed by atoms with van der Waals surface area (Å²) in [6.45, 7) is 13.1. The van der Waals surface area contributed by atoms with Gasteiger partial charge in [0, 0.05) is 25.2 Å². The van der Waals surface area contributed by atoms with Crippen molar-refractivity contribution in [2.75, 3.05) is 32.8 Å². The largest absolute Gasteiger partial charge is 0.379 e. The summed E-state index contributed by atoms with van der Waals surface area (Å²) in [4.78, 5) is 6.98. The summed E-state index contributed by atoms with van der Waals surface area (Å²) in [5.74, 6) is 1.22. The highest BCUT2D eigenvalue weighted by atomic mass is 16.5. The number of hydrogen-bond donors (Lipinski definition) is 2. The number of rotatable bonds is 6. The van der Waals surface area contributed by atoms with Gasteiger partial charge in [-0.3, -0.25) is 9.89 Å². The van der Waals surface area contributed by atoms with Gasteiger partial charge in [0.2, 0.25) is 0 Å². The van der Waals surface area contributed by atoms with Gasteiger partial charge in [-0.25, -0.2) is 0 Å². The zero-order valence-electron chi connectivity index (χ0n) is 12.9. The minimum atomic E-state index is 0.329. The first kappa shape index (κ1) is 16.2. The third-order valence-corrected chi connectivity index (χ3v) is 3.21. The van der Waals surface area contributed by atoms with Crippen molar-refractivity contribution in [3.63, 3.8) is 0 Å². The lowest BCUT2D eigenvalue weighted by Gasteiger charge is -2.34. The Morgan fingerprint density at radius 2 is 1.89 bits per heavy atom. The lowest BCUT2D eigenvalue weighted by molar-refractivity contribution is 0.0143. The Hall–Kier alpha value is -0.810. The van der Waals surface area contributed by atoms with Gasteiger partial charge in [0.1, 0.15) is 0 Å². The normalized spacial score (nSPS) is 20.0. The van der Waals surface area contributed by atoms with Gasteiger partial charge in [0.05, 0.1) is 19.8 Å². The molecule has 1 unspecified atom stereocenters. The molecule has 1 fully saturated rings. The van der Waals surface area contributed by atoms with Gasteiger partial charge < -0.3 is 15.8 Å². The molecule has 0 aliphatic carbocycles. The van der Waals surface area contributed by atoms with Crippen molar-refractivity contribution in [3.05, 3.63) is 0 Å². The Labute approximate surface area is 117 Å². The molecule has 0 spiro atoms. The van der Waals surface area contributed by atoms with E-state index in [0.717, 1.165) is 39.3 Å². The van der Waals surface area contributed by atoms with Crippen LogP contribution in [0.2, 0.25) is 0 Å². The average molecular weight is 270 g/mol. The maximum absolute atomic E-state index is 5.88. The lowest BCUT2D eigenvalue weighted by atomic mass is 10.0. The van der Waals surface area contributed by atoms with Gasteiger partial charge in [0.25, 0.3) is 0 Å². The Kier molecular flexibility index (Phi) is 7.16. The number of ether oxygens (including phenoxy) is 1. The molecule has 0 aromatic rings. The first-order valence-corrected chi connectivity index (χ1v) is 7.37. The fraction of sp³-hybridized carbons (Fsp3) is 0.929. The van der Waals surface area contributed by atoms with Crippen LogP contribution in [0, 0.1) is 5.92 Å². The van der Waals surface area contributed by atoms with Gasteiger partial charge in [-0.2, -0.15) is 0 Å². The smallest absolute Gasteiger partial charge is 0.188 e. The van der Waals surface area contributed by atoms with Crippen LogP contribution in [0.4, 0.5) is 0 Å². The van der Waals surface area contributed by atoms with E-state index in [2.05, 4.69) is 42.9 Å². The number of nitrogens with zero attached hydrogens (tertiary/aromatic N) is 2. The van der Waals surface area contributed by atoms with E-state index in [-0.39, 0.29) is 0 Å². The maximum atomic E-state index is 5.88. The molecule has 0 saturated carbocycles. The molecule has 5 nitrogen and oxygen atoms in total. The number of guanidine groups is 1. The van der Waals surface area contributed by atoms with E-state index >= 15 is 0 Å². The standard InChI is InChI=1S/C14H30N4O/c1-11(2)9-13(18-5-7-19-8-6-18)10-16-14(15)17-12(3)4/h11-13H,5-10H2,1-4H3,(H3,15,16,17). The number of nitrogens with one attached hydrogen (secondary N) is 1. The van der Waals surface area contributed by atoms with Crippen molar-refractivity contribution in [3.8, 4) is 0 Å². The number of nitrogens with two attached hydrogens (primary N) is 1. The van der Waals surface area contributed by atoms with Crippen LogP contribution in [0.3, 0.4) is 0 Å². The molecule has 0 aromatic carbocycles. The van der Waals surface area contributed by atoms with E-state index in [1.165, 1.54) is 0 Å². The fourth-order valence-corrected chi connectivity index (χ4v) is 2.37. The predicted octanol–water partition coefficient (Wildman–Crippen LogP) is 1.05. The van der Waals surface area contributed by atoms with Gasteiger partial charge in [-0.1, -0.05) is 13.8 Å². The second-order valence-electron chi connectivity index (χ2n) is 5.96. The molecule has 5 heteroatoms. The molecule has 1 rings (SSSR count). The van der Waals surface area contributed by atoms with E-state index in [1.54, 1.807) is 0 Å². The molecule has 0 aromatic heterocycles. The Morgan fingerprint density at radius 1 is 1.26 bits per heavy atom. The molecule has 0 radical (unpaired) electrons. The van der Waals surface area contributed by atoms with Crippen molar-refractivity contribution >= 4 is 5.96 Å². The Morgan fingerprint density at radius 3 is 2.42 bits per heavy atom. The van der Waals surface area contributed by atoms with Crippen molar-refractivity contribution < 1.29 is 4.74 Å². The predicted molar refractivity (Wildman–Crippen MR) is 80.4 cm³/mol. The number of hydrogen-bond acceptors (Lipinski definition) is 3. The van der Waals surface area contributed by atoms with Gasteiger partial charge >= 0.3 is 0 Å². The molecular formula is C14H30N4O. The van der Waals surface area contributed by atoms with E-state index in [9.17, 15) is 0 Å². The molecule has 1 atom stereocenters. The van der Waals surface area contributed by atoms with Crippen LogP contribution < -0.4 is 11.1 Å². The first-order valence-electron chi connectivity index (χ1n) is 7.37. The zero-order chi connectivity index (χ0) is 14.3. The van der Waals surface area contributed by atoms with Crippen molar-refractivity contribution in [1.29, 1.82) is 0 Å². The van der Waals surface area contributed by atoms with Gasteiger partial charge in [-0.05, 0) is 26.2 Å². The van der Waals surface area contributed by atoms with Gasteiger partial charge in [0.15, 0.2) is 5.96 Å². The average Bonchev–Trinajstić information content (AvgIpc) is 2.34. The molecule has 1 aliphatic heterocycles.